The van der Waals surface area contributed by atoms with Crippen molar-refractivity contribution in [2.24, 2.45) is 0 Å². The zero-order chi connectivity index (χ0) is 50.8. The number of allylic oxidation sites excluding steroid dienone is 7. The van der Waals surface area contributed by atoms with Gasteiger partial charge in [0.25, 0.3) is 0 Å². The van der Waals surface area contributed by atoms with Gasteiger partial charge in [0.15, 0.2) is 0 Å². The smallest absolute Gasteiger partial charge is 0.393 e. The summed E-state index contributed by atoms with van der Waals surface area (Å²) in [6, 6.07) is -1.27. The molecular formula is C55H102NO12P. The van der Waals surface area contributed by atoms with E-state index in [4.69, 9.17) is 9.05 Å². The third kappa shape index (κ3) is 35.1. The molecule has 0 aromatic rings. The van der Waals surface area contributed by atoms with Gasteiger partial charge in [-0.25, -0.2) is 4.57 Å². The Hall–Kier alpha value is -1.74. The molecule has 0 heterocycles. The second-order valence-corrected chi connectivity index (χ2v) is 21.0. The molecule has 1 rings (SSSR count). The van der Waals surface area contributed by atoms with E-state index in [9.17, 15) is 50.0 Å². The number of carbonyl (C=O) groups is 1. The first kappa shape index (κ1) is 65.3. The Morgan fingerprint density at radius 3 is 1.28 bits per heavy atom. The van der Waals surface area contributed by atoms with Crippen LogP contribution in [0.5, 0.6) is 0 Å². The molecule has 1 aliphatic carbocycles. The summed E-state index contributed by atoms with van der Waals surface area (Å²) in [5, 5.41) is 74.8. The Kier molecular flexibility index (Phi) is 41.4. The lowest BCUT2D eigenvalue weighted by Crippen LogP contribution is -2.64. The molecule has 0 bridgehead atoms. The molecule has 13 nitrogen and oxygen atoms in total. The Morgan fingerprint density at radius 1 is 0.507 bits per heavy atom. The summed E-state index contributed by atoms with van der Waals surface area (Å²) in [5.74, 6) is -0.610. The molecule has 404 valence electrons. The van der Waals surface area contributed by atoms with Crippen molar-refractivity contribution in [1.82, 2.24) is 5.32 Å². The summed E-state index contributed by atoms with van der Waals surface area (Å²) < 4.78 is 23.0. The lowest BCUT2D eigenvalue weighted by molar-refractivity contribution is -0.220. The minimum absolute atomic E-state index is 0.262. The molecule has 1 aliphatic rings. The van der Waals surface area contributed by atoms with Crippen LogP contribution in [0.3, 0.4) is 0 Å². The van der Waals surface area contributed by atoms with Crippen LogP contribution >= 0.6 is 7.82 Å². The van der Waals surface area contributed by atoms with Gasteiger partial charge in [0.2, 0.25) is 5.91 Å². The maximum atomic E-state index is 13.1. The standard InChI is InChI=1S/C55H102NO12P/c1-3-5-7-9-11-13-15-17-19-21-23-25-27-29-31-33-35-37-39-41-43-48(58)47(45-67-69(65,66)68-55-53(63)51(61)50(60)52(62)54(55)64)56-49(59)44-46(57)42-40-38-36-34-32-30-28-26-24-22-20-18-16-14-12-10-8-6-4-2/h25-28,33,35,41,43,46-48,50-55,57-58,60-64H,3-24,29-32,34,36-40,42,44-45H2,1-2H3,(H,56,59)(H,65,66)/b27-25+,28-26-,35-33+,43-41+. The van der Waals surface area contributed by atoms with Crippen LogP contribution in [-0.4, -0.2) is 108 Å². The van der Waals surface area contributed by atoms with E-state index in [0.29, 0.717) is 19.3 Å². The summed E-state index contributed by atoms with van der Waals surface area (Å²) in [5.41, 5.74) is 0. The van der Waals surface area contributed by atoms with Crippen LogP contribution in [0.1, 0.15) is 232 Å². The number of amides is 1. The summed E-state index contributed by atoms with van der Waals surface area (Å²) in [6.45, 7) is 3.75. The molecule has 0 saturated heterocycles. The highest BCUT2D eigenvalue weighted by molar-refractivity contribution is 7.47. The maximum absolute atomic E-state index is 13.1. The second-order valence-electron chi connectivity index (χ2n) is 19.6. The fourth-order valence-corrected chi connectivity index (χ4v) is 9.59. The Balaban J connectivity index is 2.49. The quantitative estimate of drug-likeness (QED) is 0.0158. The van der Waals surface area contributed by atoms with Gasteiger partial charge in [-0.2, -0.15) is 0 Å². The van der Waals surface area contributed by atoms with Gasteiger partial charge in [0, 0.05) is 0 Å². The first-order chi connectivity index (χ1) is 33.3. The van der Waals surface area contributed by atoms with Crippen LogP contribution in [0.2, 0.25) is 0 Å². The summed E-state index contributed by atoms with van der Waals surface area (Å²) in [7, 11) is -5.16. The maximum Gasteiger partial charge on any atom is 0.472 e. The van der Waals surface area contributed by atoms with Crippen LogP contribution in [0.25, 0.3) is 0 Å². The number of hydrogen-bond acceptors (Lipinski definition) is 11. The van der Waals surface area contributed by atoms with E-state index in [1.807, 2.05) is 0 Å². The number of aliphatic hydroxyl groups is 7. The van der Waals surface area contributed by atoms with Crippen molar-refractivity contribution >= 4 is 13.7 Å². The lowest BCUT2D eigenvalue weighted by Gasteiger charge is -2.41. The summed E-state index contributed by atoms with van der Waals surface area (Å²) in [4.78, 5) is 23.5. The number of phosphoric acid groups is 1. The second kappa shape index (κ2) is 43.8. The molecule has 8 atom stereocenters. The van der Waals surface area contributed by atoms with E-state index in [0.717, 1.165) is 64.2 Å². The first-order valence-corrected chi connectivity index (χ1v) is 29.2. The topological polar surface area (TPSA) is 226 Å². The largest absolute Gasteiger partial charge is 0.472 e. The van der Waals surface area contributed by atoms with Gasteiger partial charge in [-0.1, -0.05) is 204 Å². The van der Waals surface area contributed by atoms with Crippen LogP contribution < -0.4 is 5.32 Å². The molecule has 0 radical (unpaired) electrons. The average molecular weight is 1000 g/mol. The van der Waals surface area contributed by atoms with Crippen LogP contribution in [0.4, 0.5) is 0 Å². The van der Waals surface area contributed by atoms with Gasteiger partial charge in [0.05, 0.1) is 31.3 Å². The predicted molar refractivity (Wildman–Crippen MR) is 280 cm³/mol. The van der Waals surface area contributed by atoms with Crippen LogP contribution in [-0.2, 0) is 18.4 Å². The number of carbonyl (C=O) groups excluding carboxylic acids is 1. The minimum Gasteiger partial charge on any atom is -0.393 e. The number of aliphatic hydroxyl groups excluding tert-OH is 7. The number of phosphoric ester groups is 1. The van der Waals surface area contributed by atoms with Gasteiger partial charge in [-0.05, 0) is 70.6 Å². The van der Waals surface area contributed by atoms with Crippen molar-refractivity contribution in [3.8, 4) is 0 Å². The van der Waals surface area contributed by atoms with Crippen molar-refractivity contribution in [2.45, 2.75) is 287 Å². The molecule has 1 saturated carbocycles. The van der Waals surface area contributed by atoms with E-state index in [2.05, 4.69) is 55.6 Å². The van der Waals surface area contributed by atoms with E-state index < -0.39 is 75.2 Å². The van der Waals surface area contributed by atoms with Crippen molar-refractivity contribution < 1.29 is 59.0 Å². The summed E-state index contributed by atoms with van der Waals surface area (Å²) in [6.07, 6.45) is 40.5. The predicted octanol–water partition coefficient (Wildman–Crippen LogP) is 11.0. The molecule has 0 aliphatic heterocycles. The van der Waals surface area contributed by atoms with Gasteiger partial charge >= 0.3 is 7.82 Å². The zero-order valence-corrected chi connectivity index (χ0v) is 44.1. The minimum atomic E-state index is -5.16. The van der Waals surface area contributed by atoms with Crippen molar-refractivity contribution in [3.05, 3.63) is 48.6 Å². The molecule has 1 fully saturated rings. The SMILES string of the molecule is CCCCCCCCCCCC/C=C\CCCCCCCC(O)CC(=O)NC(COP(=O)(O)OC1C(O)C(O)C(O)C(O)C1O)C(O)/C=C/CC/C=C/CC/C=C/CCCCCCCCCCCC. The van der Waals surface area contributed by atoms with E-state index >= 15 is 0 Å². The zero-order valence-electron chi connectivity index (χ0n) is 43.2. The molecular weight excluding hydrogens is 898 g/mol. The molecule has 8 unspecified atom stereocenters. The van der Waals surface area contributed by atoms with Crippen LogP contribution in [0.15, 0.2) is 48.6 Å². The Labute approximate surface area is 419 Å². The van der Waals surface area contributed by atoms with E-state index in [-0.39, 0.29) is 6.42 Å². The number of hydrogen-bond donors (Lipinski definition) is 9. The molecule has 1 amide bonds. The molecule has 0 aromatic heterocycles. The normalized spacial score (nSPS) is 22.3. The van der Waals surface area contributed by atoms with E-state index in [1.54, 1.807) is 6.08 Å². The van der Waals surface area contributed by atoms with Crippen molar-refractivity contribution in [1.29, 1.82) is 0 Å². The highest BCUT2D eigenvalue weighted by Gasteiger charge is 2.51. The molecule has 0 spiro atoms. The van der Waals surface area contributed by atoms with E-state index in [1.165, 1.54) is 134 Å². The van der Waals surface area contributed by atoms with Gasteiger partial charge in [-0.15, -0.1) is 0 Å². The number of rotatable bonds is 46. The lowest BCUT2D eigenvalue weighted by atomic mass is 9.85. The summed E-state index contributed by atoms with van der Waals surface area (Å²) >= 11 is 0. The van der Waals surface area contributed by atoms with Gasteiger partial charge < -0.3 is 46.0 Å². The van der Waals surface area contributed by atoms with Crippen LogP contribution in [0, 0.1) is 0 Å². The highest BCUT2D eigenvalue weighted by Crippen LogP contribution is 2.47. The Morgan fingerprint density at radius 2 is 0.855 bits per heavy atom. The van der Waals surface area contributed by atoms with Gasteiger partial charge in [0.1, 0.15) is 36.6 Å². The van der Waals surface area contributed by atoms with Gasteiger partial charge in [-0.3, -0.25) is 13.8 Å². The third-order valence-electron chi connectivity index (χ3n) is 13.1. The first-order valence-electron chi connectivity index (χ1n) is 27.7. The molecule has 0 aromatic carbocycles. The third-order valence-corrected chi connectivity index (χ3v) is 14.1. The Bertz CT molecular complexity index is 1360. The van der Waals surface area contributed by atoms with Crippen molar-refractivity contribution in [3.63, 3.8) is 0 Å². The molecule has 69 heavy (non-hydrogen) atoms. The number of unbranched alkanes of at least 4 members (excludes halogenated alkanes) is 27. The fourth-order valence-electron chi connectivity index (χ4n) is 8.62. The van der Waals surface area contributed by atoms with Crippen molar-refractivity contribution in [2.75, 3.05) is 6.61 Å². The highest BCUT2D eigenvalue weighted by atomic mass is 31.2. The number of nitrogens with one attached hydrogen (secondary N) is 1. The molecule has 9 N–H and O–H groups in total. The molecule has 14 heteroatoms. The monoisotopic (exact) mass is 1000 g/mol. The average Bonchev–Trinajstić information content (AvgIpc) is 3.32. The fraction of sp³-hybridized carbons (Fsp3) is 0.836.